The van der Waals surface area contributed by atoms with E-state index in [9.17, 15) is 0 Å². The number of hydrogen-bond donors (Lipinski definition) is 0. The van der Waals surface area contributed by atoms with Crippen LogP contribution in [0, 0.1) is 5.92 Å². The van der Waals surface area contributed by atoms with Crippen molar-refractivity contribution < 1.29 is 4.84 Å². The number of para-hydroxylation sites is 1. The molecule has 1 atom stereocenters. The maximum Gasteiger partial charge on any atom is 0.223 e. The van der Waals surface area contributed by atoms with Gasteiger partial charge >= 0.3 is 0 Å². The summed E-state index contributed by atoms with van der Waals surface area (Å²) >= 11 is 0. The lowest BCUT2D eigenvalue weighted by Crippen LogP contribution is -2.24. The summed E-state index contributed by atoms with van der Waals surface area (Å²) in [7, 11) is 0. The second kappa shape index (κ2) is 9.13. The van der Waals surface area contributed by atoms with Gasteiger partial charge in [0, 0.05) is 17.0 Å². The molecule has 0 bridgehead atoms. The molecule has 1 saturated carbocycles. The molecule has 5 rings (SSSR count). The summed E-state index contributed by atoms with van der Waals surface area (Å²) < 4.78 is 1.92. The van der Waals surface area contributed by atoms with Gasteiger partial charge in [0.2, 0.25) is 6.23 Å². The van der Waals surface area contributed by atoms with Crippen LogP contribution in [0.2, 0.25) is 0 Å². The Balaban J connectivity index is 1.55. The van der Waals surface area contributed by atoms with Crippen LogP contribution in [0.15, 0.2) is 90.1 Å². The van der Waals surface area contributed by atoms with Crippen LogP contribution >= 0.6 is 0 Å². The van der Waals surface area contributed by atoms with Gasteiger partial charge in [-0.25, -0.2) is 4.68 Å². The summed E-state index contributed by atoms with van der Waals surface area (Å²) in [6.45, 7) is 0. The number of fused-ring (bicyclic) bond motifs is 1. The molecule has 0 aliphatic heterocycles. The van der Waals surface area contributed by atoms with Crippen LogP contribution in [0.3, 0.4) is 0 Å². The molecule has 0 N–H and O–H groups in total. The summed E-state index contributed by atoms with van der Waals surface area (Å²) in [5.74, 6) is 0.357. The van der Waals surface area contributed by atoms with E-state index >= 15 is 0 Å². The zero-order valence-corrected chi connectivity index (χ0v) is 17.5. The lowest BCUT2D eigenvalue weighted by Gasteiger charge is -2.28. The zero-order valence-electron chi connectivity index (χ0n) is 17.5. The highest BCUT2D eigenvalue weighted by Crippen LogP contribution is 2.35. The Bertz CT molecular complexity index is 1110. The van der Waals surface area contributed by atoms with Gasteiger partial charge in [-0.05, 0) is 25.0 Å². The van der Waals surface area contributed by atoms with Gasteiger partial charge in [-0.2, -0.15) is 0 Å². The van der Waals surface area contributed by atoms with Gasteiger partial charge < -0.3 is 4.84 Å². The summed E-state index contributed by atoms with van der Waals surface area (Å²) in [4.78, 5) is 6.35. The Morgan fingerprint density at radius 1 is 0.806 bits per heavy atom. The van der Waals surface area contributed by atoms with Crippen molar-refractivity contribution in [1.29, 1.82) is 0 Å². The molecular formula is C26H26N4O. The number of hydrogen-bond acceptors (Lipinski definition) is 4. The molecule has 31 heavy (non-hydrogen) atoms. The summed E-state index contributed by atoms with van der Waals surface area (Å²) in [6.07, 6.45) is 5.65. The Morgan fingerprint density at radius 2 is 1.42 bits per heavy atom. The average Bonchev–Trinajstić information content (AvgIpc) is 3.27. The highest BCUT2D eigenvalue weighted by molar-refractivity contribution is 6.12. The molecule has 0 saturated heterocycles. The Labute approximate surface area is 182 Å². The zero-order chi connectivity index (χ0) is 20.9. The number of oxime groups is 1. The van der Waals surface area contributed by atoms with Gasteiger partial charge in [-0.15, -0.1) is 5.10 Å². The van der Waals surface area contributed by atoms with Crippen LogP contribution < -0.4 is 0 Å². The summed E-state index contributed by atoms with van der Waals surface area (Å²) in [6, 6.07) is 28.4. The molecular weight excluding hydrogens is 384 g/mol. The fraction of sp³-hybridized carbons (Fsp3) is 0.269. The fourth-order valence-corrected chi connectivity index (χ4v) is 4.40. The van der Waals surface area contributed by atoms with E-state index in [-0.39, 0.29) is 6.23 Å². The van der Waals surface area contributed by atoms with Crippen molar-refractivity contribution in [3.05, 3.63) is 96.1 Å². The van der Waals surface area contributed by atoms with Crippen LogP contribution in [0.4, 0.5) is 0 Å². The molecule has 1 unspecified atom stereocenters. The van der Waals surface area contributed by atoms with Crippen molar-refractivity contribution >= 4 is 16.7 Å². The van der Waals surface area contributed by atoms with E-state index in [1.807, 2.05) is 65.3 Å². The normalized spacial score (nSPS) is 15.5. The minimum absolute atomic E-state index is 0.282. The smallest absolute Gasteiger partial charge is 0.223 e. The molecule has 5 heteroatoms. The van der Waals surface area contributed by atoms with Crippen molar-refractivity contribution in [2.45, 2.75) is 38.3 Å². The second-order valence-corrected chi connectivity index (χ2v) is 8.09. The molecule has 5 nitrogen and oxygen atoms in total. The van der Waals surface area contributed by atoms with Crippen LogP contribution in [-0.2, 0) is 4.84 Å². The molecule has 0 radical (unpaired) electrons. The molecule has 1 aliphatic carbocycles. The molecule has 156 valence electrons. The van der Waals surface area contributed by atoms with Crippen LogP contribution in [0.1, 0.15) is 49.5 Å². The molecule has 1 heterocycles. The van der Waals surface area contributed by atoms with E-state index in [0.717, 1.165) is 40.7 Å². The molecule has 3 aromatic carbocycles. The molecule has 1 aromatic heterocycles. The summed E-state index contributed by atoms with van der Waals surface area (Å²) in [5.41, 5.74) is 4.74. The average molecular weight is 411 g/mol. The lowest BCUT2D eigenvalue weighted by atomic mass is 9.88. The number of aromatic nitrogens is 3. The topological polar surface area (TPSA) is 52.3 Å². The monoisotopic (exact) mass is 410 g/mol. The van der Waals surface area contributed by atoms with Gasteiger partial charge in [-0.1, -0.05) is 102 Å². The Kier molecular flexibility index (Phi) is 5.74. The molecule has 0 spiro atoms. The van der Waals surface area contributed by atoms with Crippen molar-refractivity contribution in [3.8, 4) is 0 Å². The predicted octanol–water partition coefficient (Wildman–Crippen LogP) is 5.98. The first-order valence-corrected chi connectivity index (χ1v) is 11.0. The van der Waals surface area contributed by atoms with Crippen molar-refractivity contribution in [2.75, 3.05) is 0 Å². The van der Waals surface area contributed by atoms with Gasteiger partial charge in [-0.3, -0.25) is 0 Å². The fourth-order valence-electron chi connectivity index (χ4n) is 4.40. The van der Waals surface area contributed by atoms with Crippen LogP contribution in [0.5, 0.6) is 0 Å². The van der Waals surface area contributed by atoms with Crippen molar-refractivity contribution in [3.63, 3.8) is 0 Å². The van der Waals surface area contributed by atoms with Crippen molar-refractivity contribution in [2.24, 2.45) is 11.1 Å². The Hall–Kier alpha value is -3.47. The highest BCUT2D eigenvalue weighted by Gasteiger charge is 2.29. The van der Waals surface area contributed by atoms with E-state index in [4.69, 9.17) is 9.99 Å². The predicted molar refractivity (Wildman–Crippen MR) is 123 cm³/mol. The largest absolute Gasteiger partial charge is 0.368 e. The van der Waals surface area contributed by atoms with E-state index in [2.05, 4.69) is 34.6 Å². The third-order valence-corrected chi connectivity index (χ3v) is 6.02. The quantitative estimate of drug-likeness (QED) is 0.290. The maximum absolute atomic E-state index is 6.35. The molecule has 1 aliphatic rings. The minimum atomic E-state index is -0.282. The van der Waals surface area contributed by atoms with Gasteiger partial charge in [0.05, 0.1) is 5.52 Å². The minimum Gasteiger partial charge on any atom is -0.368 e. The third-order valence-electron chi connectivity index (χ3n) is 6.02. The maximum atomic E-state index is 6.35. The van der Waals surface area contributed by atoms with Gasteiger partial charge in [0.1, 0.15) is 11.2 Å². The number of nitrogens with zero attached hydrogens (tertiary/aromatic N) is 4. The highest BCUT2D eigenvalue weighted by atomic mass is 16.7. The SMILES string of the molecule is c1ccc(C(=NOC(C2CCCCC2)n2nnc3ccccc32)c2ccccc2)cc1. The van der Waals surface area contributed by atoms with Gasteiger partial charge in [0.15, 0.2) is 0 Å². The van der Waals surface area contributed by atoms with E-state index < -0.39 is 0 Å². The first kappa shape index (κ1) is 19.5. The Morgan fingerprint density at radius 3 is 2.10 bits per heavy atom. The first-order valence-electron chi connectivity index (χ1n) is 11.0. The van der Waals surface area contributed by atoms with E-state index in [1.165, 1.54) is 19.3 Å². The van der Waals surface area contributed by atoms with Crippen LogP contribution in [0.25, 0.3) is 11.0 Å². The number of benzene rings is 3. The second-order valence-electron chi connectivity index (χ2n) is 8.09. The van der Waals surface area contributed by atoms with Crippen LogP contribution in [-0.4, -0.2) is 20.7 Å². The first-order chi connectivity index (χ1) is 15.4. The standard InChI is InChI=1S/C26H26N4O/c1-4-12-20(13-5-1)25(21-14-6-2-7-15-21)28-31-26(22-16-8-3-9-17-22)30-24-19-11-10-18-23(24)27-29-30/h1-2,4-7,10-15,18-19,22,26H,3,8-9,16-17H2. The van der Waals surface area contributed by atoms with E-state index in [1.54, 1.807) is 0 Å². The lowest BCUT2D eigenvalue weighted by molar-refractivity contribution is -0.0535. The summed E-state index contributed by atoms with van der Waals surface area (Å²) in [5, 5.41) is 13.6. The molecule has 0 amide bonds. The number of rotatable bonds is 6. The molecule has 1 fully saturated rings. The van der Waals surface area contributed by atoms with E-state index in [0.29, 0.717) is 5.92 Å². The van der Waals surface area contributed by atoms with Gasteiger partial charge in [0.25, 0.3) is 0 Å². The van der Waals surface area contributed by atoms with Crippen molar-refractivity contribution in [1.82, 2.24) is 15.0 Å². The molecule has 4 aromatic rings. The third kappa shape index (κ3) is 4.22.